The number of aromatic amines is 1. The van der Waals surface area contributed by atoms with E-state index in [1.165, 1.54) is 12.1 Å². The summed E-state index contributed by atoms with van der Waals surface area (Å²) in [5.41, 5.74) is 1.21. The van der Waals surface area contributed by atoms with Crippen LogP contribution in [-0.2, 0) is 9.47 Å². The molecule has 5 nitrogen and oxygen atoms in total. The molecule has 22 heavy (non-hydrogen) atoms. The maximum Gasteiger partial charge on any atom is 0.256 e. The molecule has 0 atom stereocenters. The van der Waals surface area contributed by atoms with E-state index in [1.54, 1.807) is 24.3 Å². The van der Waals surface area contributed by atoms with Crippen LogP contribution in [0.15, 0.2) is 24.4 Å². The first-order valence-corrected chi connectivity index (χ1v) is 7.35. The molecular weight excluding hydrogens is 287 g/mol. The minimum atomic E-state index is -0.318. The van der Waals surface area contributed by atoms with Crippen molar-refractivity contribution in [1.29, 1.82) is 0 Å². The number of hydrogen-bond donors (Lipinski definition) is 1. The lowest BCUT2D eigenvalue weighted by molar-refractivity contribution is -0.0464. The van der Waals surface area contributed by atoms with Crippen LogP contribution in [0, 0.1) is 5.82 Å². The lowest BCUT2D eigenvalue weighted by Gasteiger charge is -2.38. The number of halogens is 1. The highest BCUT2D eigenvalue weighted by molar-refractivity contribution is 6.07. The summed E-state index contributed by atoms with van der Waals surface area (Å²) in [6, 6.07) is 4.39. The molecule has 3 rings (SSSR count). The van der Waals surface area contributed by atoms with Crippen LogP contribution < -0.4 is 0 Å². The standard InChI is InChI=1S/C16H19FN2O3/c1-21-5-2-6-22-12-9-19(10-12)16(20)14-8-18-15-7-11(17)3-4-13(14)15/h3-4,7-8,12,18H,2,5-6,9-10H2,1H3. The van der Waals surface area contributed by atoms with Gasteiger partial charge in [0.05, 0.1) is 11.7 Å². The number of likely N-dealkylation sites (tertiary alicyclic amines) is 1. The van der Waals surface area contributed by atoms with Gasteiger partial charge in [0, 0.05) is 50.5 Å². The van der Waals surface area contributed by atoms with E-state index in [4.69, 9.17) is 9.47 Å². The fraction of sp³-hybridized carbons (Fsp3) is 0.438. The third kappa shape index (κ3) is 2.98. The van der Waals surface area contributed by atoms with Crippen LogP contribution in [0.1, 0.15) is 16.8 Å². The first-order chi connectivity index (χ1) is 10.7. The summed E-state index contributed by atoms with van der Waals surface area (Å²) < 4.78 is 23.8. The van der Waals surface area contributed by atoms with Crippen molar-refractivity contribution in [3.05, 3.63) is 35.8 Å². The molecule has 0 aliphatic carbocycles. The predicted octanol–water partition coefficient (Wildman–Crippen LogP) is 2.18. The normalized spacial score (nSPS) is 15.3. The van der Waals surface area contributed by atoms with Crippen LogP contribution in [0.3, 0.4) is 0 Å². The minimum Gasteiger partial charge on any atom is -0.385 e. The first kappa shape index (κ1) is 15.0. The summed E-state index contributed by atoms with van der Waals surface area (Å²) >= 11 is 0. The maximum atomic E-state index is 13.2. The zero-order valence-corrected chi connectivity index (χ0v) is 12.5. The van der Waals surface area contributed by atoms with Gasteiger partial charge < -0.3 is 19.4 Å². The third-order valence-corrected chi connectivity index (χ3v) is 3.86. The third-order valence-electron chi connectivity index (χ3n) is 3.86. The number of carbonyl (C=O) groups is 1. The van der Waals surface area contributed by atoms with E-state index in [9.17, 15) is 9.18 Å². The number of H-pyrrole nitrogens is 1. The van der Waals surface area contributed by atoms with Crippen LogP contribution in [-0.4, -0.2) is 55.3 Å². The number of aromatic nitrogens is 1. The lowest BCUT2D eigenvalue weighted by Crippen LogP contribution is -2.54. The second-order valence-corrected chi connectivity index (χ2v) is 5.44. The number of ether oxygens (including phenoxy) is 2. The number of fused-ring (bicyclic) bond motifs is 1. The highest BCUT2D eigenvalue weighted by Gasteiger charge is 2.32. The molecule has 1 aliphatic heterocycles. The highest BCUT2D eigenvalue weighted by Crippen LogP contribution is 2.23. The number of hydrogen-bond acceptors (Lipinski definition) is 3. The van der Waals surface area contributed by atoms with Crippen molar-refractivity contribution in [2.45, 2.75) is 12.5 Å². The van der Waals surface area contributed by atoms with Crippen LogP contribution >= 0.6 is 0 Å². The van der Waals surface area contributed by atoms with E-state index in [2.05, 4.69) is 4.98 Å². The number of nitrogens with one attached hydrogen (secondary N) is 1. The van der Waals surface area contributed by atoms with Gasteiger partial charge in [-0.15, -0.1) is 0 Å². The van der Waals surface area contributed by atoms with E-state index in [0.29, 0.717) is 37.4 Å². The molecule has 0 unspecified atom stereocenters. The number of carbonyl (C=O) groups excluding carboxylic acids is 1. The summed E-state index contributed by atoms with van der Waals surface area (Å²) in [5, 5.41) is 0.746. The Labute approximate surface area is 128 Å². The van der Waals surface area contributed by atoms with Gasteiger partial charge in [0.1, 0.15) is 5.82 Å². The molecule has 118 valence electrons. The van der Waals surface area contributed by atoms with Crippen LogP contribution in [0.25, 0.3) is 10.9 Å². The predicted molar refractivity (Wildman–Crippen MR) is 80.4 cm³/mol. The molecule has 0 saturated carbocycles. The molecule has 1 N–H and O–H groups in total. The topological polar surface area (TPSA) is 54.6 Å². The second-order valence-electron chi connectivity index (χ2n) is 5.44. The van der Waals surface area contributed by atoms with Gasteiger partial charge >= 0.3 is 0 Å². The van der Waals surface area contributed by atoms with Gasteiger partial charge in [-0.3, -0.25) is 4.79 Å². The van der Waals surface area contributed by atoms with E-state index in [-0.39, 0.29) is 17.8 Å². The van der Waals surface area contributed by atoms with Crippen molar-refractivity contribution in [2.24, 2.45) is 0 Å². The molecule has 1 saturated heterocycles. The molecule has 6 heteroatoms. The summed E-state index contributed by atoms with van der Waals surface area (Å²) in [6.07, 6.45) is 2.59. The quantitative estimate of drug-likeness (QED) is 0.832. The lowest BCUT2D eigenvalue weighted by atomic mass is 10.1. The molecule has 2 aromatic rings. The number of benzene rings is 1. The largest absolute Gasteiger partial charge is 0.385 e. The molecule has 0 spiro atoms. The average molecular weight is 306 g/mol. The number of rotatable bonds is 6. The molecule has 1 aromatic heterocycles. The Bertz CT molecular complexity index is 664. The fourth-order valence-corrected chi connectivity index (χ4v) is 2.61. The smallest absolute Gasteiger partial charge is 0.256 e. The van der Waals surface area contributed by atoms with Gasteiger partial charge in [-0.1, -0.05) is 0 Å². The van der Waals surface area contributed by atoms with E-state index >= 15 is 0 Å². The SMILES string of the molecule is COCCCOC1CN(C(=O)c2c[nH]c3cc(F)ccc23)C1. The Morgan fingerprint density at radius 2 is 2.23 bits per heavy atom. The van der Waals surface area contributed by atoms with Crippen LogP contribution in [0.5, 0.6) is 0 Å². The molecule has 2 heterocycles. The molecular formula is C16H19FN2O3. The Balaban J connectivity index is 1.56. The molecule has 0 bridgehead atoms. The summed E-state index contributed by atoms with van der Waals surface area (Å²) in [6.45, 7) is 2.52. The number of nitrogens with zero attached hydrogens (tertiary/aromatic N) is 1. The molecule has 1 aromatic carbocycles. The zero-order valence-electron chi connectivity index (χ0n) is 12.5. The fourth-order valence-electron chi connectivity index (χ4n) is 2.61. The molecule has 0 radical (unpaired) electrons. The summed E-state index contributed by atoms with van der Waals surface area (Å²) in [7, 11) is 1.66. The van der Waals surface area contributed by atoms with Gasteiger partial charge in [0.15, 0.2) is 0 Å². The van der Waals surface area contributed by atoms with Gasteiger partial charge in [-0.2, -0.15) is 0 Å². The maximum absolute atomic E-state index is 13.2. The van der Waals surface area contributed by atoms with Crippen LogP contribution in [0.2, 0.25) is 0 Å². The molecule has 1 fully saturated rings. The number of methoxy groups -OCH3 is 1. The molecule has 1 amide bonds. The Morgan fingerprint density at radius 1 is 1.41 bits per heavy atom. The van der Waals surface area contributed by atoms with Gasteiger partial charge in [0.25, 0.3) is 5.91 Å². The van der Waals surface area contributed by atoms with E-state index in [0.717, 1.165) is 11.8 Å². The average Bonchev–Trinajstić information content (AvgIpc) is 2.87. The van der Waals surface area contributed by atoms with Crippen molar-refractivity contribution in [3.63, 3.8) is 0 Å². The zero-order chi connectivity index (χ0) is 15.5. The van der Waals surface area contributed by atoms with E-state index < -0.39 is 0 Å². The van der Waals surface area contributed by atoms with Crippen molar-refractivity contribution >= 4 is 16.8 Å². The van der Waals surface area contributed by atoms with Gasteiger partial charge in [-0.25, -0.2) is 4.39 Å². The Kier molecular flexibility index (Phi) is 4.40. The van der Waals surface area contributed by atoms with Gasteiger partial charge in [0.2, 0.25) is 0 Å². The van der Waals surface area contributed by atoms with Gasteiger partial charge in [-0.05, 0) is 24.6 Å². The Morgan fingerprint density at radius 3 is 3.00 bits per heavy atom. The summed E-state index contributed by atoms with van der Waals surface area (Å²) in [4.78, 5) is 17.1. The molecule has 1 aliphatic rings. The monoisotopic (exact) mass is 306 g/mol. The van der Waals surface area contributed by atoms with E-state index in [1.807, 2.05) is 0 Å². The van der Waals surface area contributed by atoms with Crippen molar-refractivity contribution < 1.29 is 18.7 Å². The second kappa shape index (κ2) is 6.46. The highest BCUT2D eigenvalue weighted by atomic mass is 19.1. The van der Waals surface area contributed by atoms with Crippen LogP contribution in [0.4, 0.5) is 4.39 Å². The van der Waals surface area contributed by atoms with Crippen molar-refractivity contribution in [3.8, 4) is 0 Å². The minimum absolute atomic E-state index is 0.0467. The van der Waals surface area contributed by atoms with Crippen molar-refractivity contribution in [1.82, 2.24) is 9.88 Å². The first-order valence-electron chi connectivity index (χ1n) is 7.35. The number of amides is 1. The Hall–Kier alpha value is -1.92. The van der Waals surface area contributed by atoms with Crippen molar-refractivity contribution in [2.75, 3.05) is 33.4 Å². The summed E-state index contributed by atoms with van der Waals surface area (Å²) in [5.74, 6) is -0.364.